The van der Waals surface area contributed by atoms with E-state index in [0.717, 1.165) is 19.6 Å². The van der Waals surface area contributed by atoms with E-state index in [0.29, 0.717) is 12.5 Å². The second-order valence-electron chi connectivity index (χ2n) is 4.33. The Balaban J connectivity index is 3.85. The third kappa shape index (κ3) is 6.80. The van der Waals surface area contributed by atoms with Gasteiger partial charge >= 0.3 is 0 Å². The van der Waals surface area contributed by atoms with Gasteiger partial charge in [-0.15, -0.1) is 0 Å². The predicted octanol–water partition coefficient (Wildman–Crippen LogP) is 0.831. The lowest BCUT2D eigenvalue weighted by molar-refractivity contribution is -0.121. The van der Waals surface area contributed by atoms with Crippen molar-refractivity contribution in [1.29, 1.82) is 0 Å². The van der Waals surface area contributed by atoms with Crippen LogP contribution in [0.15, 0.2) is 0 Å². The van der Waals surface area contributed by atoms with Gasteiger partial charge in [0, 0.05) is 32.1 Å². The minimum absolute atomic E-state index is 0.0926. The molecule has 0 aromatic rings. The second-order valence-corrected chi connectivity index (χ2v) is 4.33. The Morgan fingerprint density at radius 2 is 1.75 bits per heavy atom. The maximum Gasteiger partial charge on any atom is 0.221 e. The van der Waals surface area contributed by atoms with E-state index in [1.807, 2.05) is 6.92 Å². The maximum absolute atomic E-state index is 11.2. The molecule has 0 aliphatic heterocycles. The summed E-state index contributed by atoms with van der Waals surface area (Å²) in [7, 11) is 1.67. The normalized spacial score (nSPS) is 14.9. The maximum atomic E-state index is 11.2. The number of carbonyl (C=O) groups excluding carboxylic acids is 1. The fourth-order valence-corrected chi connectivity index (χ4v) is 1.85. The predicted molar refractivity (Wildman–Crippen MR) is 68.5 cm³/mol. The lowest BCUT2D eigenvalue weighted by Gasteiger charge is -2.25. The second kappa shape index (κ2) is 8.53. The molecule has 1 amide bonds. The zero-order valence-corrected chi connectivity index (χ0v) is 11.3. The van der Waals surface area contributed by atoms with Crippen LogP contribution in [0.3, 0.4) is 0 Å². The molecule has 2 unspecified atom stereocenters. The van der Waals surface area contributed by atoms with Gasteiger partial charge in [0.2, 0.25) is 5.91 Å². The van der Waals surface area contributed by atoms with E-state index in [4.69, 9.17) is 0 Å². The van der Waals surface area contributed by atoms with Crippen molar-refractivity contribution < 1.29 is 4.79 Å². The Labute approximate surface area is 99.8 Å². The summed E-state index contributed by atoms with van der Waals surface area (Å²) < 4.78 is 0. The summed E-state index contributed by atoms with van der Waals surface area (Å²) in [5.74, 6) is 0.0926. The van der Waals surface area contributed by atoms with E-state index in [2.05, 4.69) is 36.3 Å². The van der Waals surface area contributed by atoms with Gasteiger partial charge in [-0.1, -0.05) is 13.8 Å². The van der Waals surface area contributed by atoms with Gasteiger partial charge in [-0.25, -0.2) is 0 Å². The van der Waals surface area contributed by atoms with Gasteiger partial charge in [-0.3, -0.25) is 4.79 Å². The molecule has 0 heterocycles. The number of nitrogens with zero attached hydrogens (tertiary/aromatic N) is 1. The van der Waals surface area contributed by atoms with Gasteiger partial charge < -0.3 is 15.5 Å². The van der Waals surface area contributed by atoms with Gasteiger partial charge in [-0.2, -0.15) is 0 Å². The van der Waals surface area contributed by atoms with Crippen molar-refractivity contribution in [2.24, 2.45) is 0 Å². The molecule has 4 nitrogen and oxygen atoms in total. The molecule has 0 saturated carbocycles. The molecular formula is C12H27N3O. The van der Waals surface area contributed by atoms with Crippen molar-refractivity contribution in [3.05, 3.63) is 0 Å². The first-order valence-electron chi connectivity index (χ1n) is 6.22. The van der Waals surface area contributed by atoms with E-state index < -0.39 is 0 Å². The number of rotatable bonds is 8. The molecule has 0 saturated heterocycles. The molecule has 0 radical (unpaired) electrons. The first-order valence-corrected chi connectivity index (χ1v) is 6.22. The number of likely N-dealkylation sites (N-methyl/N-ethyl adjacent to an activating group) is 1. The molecule has 0 aromatic carbocycles. The molecule has 16 heavy (non-hydrogen) atoms. The van der Waals surface area contributed by atoms with Gasteiger partial charge in [-0.05, 0) is 26.9 Å². The lowest BCUT2D eigenvalue weighted by Crippen LogP contribution is -2.44. The molecule has 0 spiro atoms. The summed E-state index contributed by atoms with van der Waals surface area (Å²) in [6.07, 6.45) is 0.541. The van der Waals surface area contributed by atoms with Crippen LogP contribution in [-0.4, -0.2) is 49.6 Å². The highest BCUT2D eigenvalue weighted by molar-refractivity contribution is 5.76. The van der Waals surface area contributed by atoms with E-state index >= 15 is 0 Å². The number of nitrogens with one attached hydrogen (secondary N) is 2. The van der Waals surface area contributed by atoms with Crippen LogP contribution >= 0.6 is 0 Å². The standard InChI is InChI=1S/C12H27N3O/c1-6-15(7-2)9-11(4)14-10(3)8-12(16)13-5/h10-11,14H,6-9H2,1-5H3,(H,13,16). The topological polar surface area (TPSA) is 44.4 Å². The third-order valence-corrected chi connectivity index (χ3v) is 2.77. The monoisotopic (exact) mass is 229 g/mol. The van der Waals surface area contributed by atoms with Crippen molar-refractivity contribution in [3.63, 3.8) is 0 Å². The van der Waals surface area contributed by atoms with Crippen LogP contribution in [0.4, 0.5) is 0 Å². The number of carbonyl (C=O) groups is 1. The summed E-state index contributed by atoms with van der Waals surface area (Å²) in [5.41, 5.74) is 0. The molecule has 0 aliphatic carbocycles. The van der Waals surface area contributed by atoms with E-state index in [-0.39, 0.29) is 11.9 Å². The fraction of sp³-hybridized carbons (Fsp3) is 0.917. The summed E-state index contributed by atoms with van der Waals surface area (Å²) in [6.45, 7) is 11.7. The largest absolute Gasteiger partial charge is 0.359 e. The number of amides is 1. The van der Waals surface area contributed by atoms with E-state index in [9.17, 15) is 4.79 Å². The van der Waals surface area contributed by atoms with Crippen LogP contribution in [0.25, 0.3) is 0 Å². The van der Waals surface area contributed by atoms with Crippen molar-refractivity contribution in [2.75, 3.05) is 26.7 Å². The fourth-order valence-electron chi connectivity index (χ4n) is 1.85. The number of hydrogen-bond acceptors (Lipinski definition) is 3. The summed E-state index contributed by atoms with van der Waals surface area (Å²) in [5, 5.41) is 6.08. The van der Waals surface area contributed by atoms with Crippen molar-refractivity contribution in [1.82, 2.24) is 15.5 Å². The number of hydrogen-bond donors (Lipinski definition) is 2. The summed E-state index contributed by atoms with van der Waals surface area (Å²) >= 11 is 0. The van der Waals surface area contributed by atoms with E-state index in [1.54, 1.807) is 7.05 Å². The molecule has 0 rings (SSSR count). The van der Waals surface area contributed by atoms with Crippen LogP contribution < -0.4 is 10.6 Å². The van der Waals surface area contributed by atoms with Gasteiger partial charge in [0.15, 0.2) is 0 Å². The van der Waals surface area contributed by atoms with Crippen molar-refractivity contribution in [2.45, 2.75) is 46.2 Å². The smallest absolute Gasteiger partial charge is 0.221 e. The van der Waals surface area contributed by atoms with Crippen molar-refractivity contribution in [3.8, 4) is 0 Å². The van der Waals surface area contributed by atoms with Crippen LogP contribution in [0.2, 0.25) is 0 Å². The first-order chi connectivity index (χ1) is 7.53. The van der Waals surface area contributed by atoms with Crippen LogP contribution in [0, 0.1) is 0 Å². The molecule has 0 aromatic heterocycles. The molecule has 2 atom stereocenters. The van der Waals surface area contributed by atoms with Crippen molar-refractivity contribution >= 4 is 5.91 Å². The Hall–Kier alpha value is -0.610. The lowest BCUT2D eigenvalue weighted by atomic mass is 10.2. The quantitative estimate of drug-likeness (QED) is 0.648. The van der Waals surface area contributed by atoms with Gasteiger partial charge in [0.05, 0.1) is 0 Å². The first kappa shape index (κ1) is 15.4. The molecule has 0 aliphatic rings. The van der Waals surface area contributed by atoms with Gasteiger partial charge in [0.25, 0.3) is 0 Å². The highest BCUT2D eigenvalue weighted by Gasteiger charge is 2.12. The minimum Gasteiger partial charge on any atom is -0.359 e. The Kier molecular flexibility index (Phi) is 8.21. The summed E-state index contributed by atoms with van der Waals surface area (Å²) in [4.78, 5) is 13.6. The zero-order valence-electron chi connectivity index (χ0n) is 11.3. The SMILES string of the molecule is CCN(CC)CC(C)NC(C)CC(=O)NC. The Bertz CT molecular complexity index is 193. The highest BCUT2D eigenvalue weighted by atomic mass is 16.1. The molecule has 96 valence electrons. The van der Waals surface area contributed by atoms with E-state index in [1.165, 1.54) is 0 Å². The zero-order chi connectivity index (χ0) is 12.6. The van der Waals surface area contributed by atoms with Gasteiger partial charge in [0.1, 0.15) is 0 Å². The molecule has 0 bridgehead atoms. The molecule has 0 fully saturated rings. The Morgan fingerprint density at radius 3 is 2.19 bits per heavy atom. The van der Waals surface area contributed by atoms with Crippen LogP contribution in [0.1, 0.15) is 34.1 Å². The third-order valence-electron chi connectivity index (χ3n) is 2.77. The minimum atomic E-state index is 0.0926. The molecule has 4 heteroatoms. The molecular weight excluding hydrogens is 202 g/mol. The Morgan fingerprint density at radius 1 is 1.19 bits per heavy atom. The van der Waals surface area contributed by atoms with Crippen LogP contribution in [0.5, 0.6) is 0 Å². The molecule has 2 N–H and O–H groups in total. The summed E-state index contributed by atoms with van der Waals surface area (Å²) in [6, 6.07) is 0.644. The van der Waals surface area contributed by atoms with Crippen LogP contribution in [-0.2, 0) is 4.79 Å². The average Bonchev–Trinajstić information content (AvgIpc) is 2.25. The average molecular weight is 229 g/mol. The highest BCUT2D eigenvalue weighted by Crippen LogP contribution is 1.96.